The average molecular weight is 519 g/mol. The second-order valence-electron chi connectivity index (χ2n) is 11.1. The van der Waals surface area contributed by atoms with Gasteiger partial charge in [0.2, 0.25) is 0 Å². The van der Waals surface area contributed by atoms with Crippen LogP contribution in [0.4, 0.5) is 0 Å². The monoisotopic (exact) mass is 518 g/mol. The highest BCUT2D eigenvalue weighted by Crippen LogP contribution is 2.50. The summed E-state index contributed by atoms with van der Waals surface area (Å²) >= 11 is 0. The van der Waals surface area contributed by atoms with Gasteiger partial charge in [-0.1, -0.05) is 0 Å². The highest BCUT2D eigenvalue weighted by Gasteiger charge is 2.59. The summed E-state index contributed by atoms with van der Waals surface area (Å²) in [5.74, 6) is -1.74. The van der Waals surface area contributed by atoms with E-state index in [-0.39, 0.29) is 36.7 Å². The first-order valence-corrected chi connectivity index (χ1v) is 13.0. The molecule has 0 aromatic carbocycles. The second-order valence-corrected chi connectivity index (χ2v) is 11.1. The fraction of sp³-hybridized carbons (Fsp3) is 0.958. The lowest BCUT2D eigenvalue weighted by Crippen LogP contribution is -2.66. The molecule has 0 bridgehead atoms. The van der Waals surface area contributed by atoms with Crippen molar-refractivity contribution in [1.82, 2.24) is 0 Å². The Bertz CT molecular complexity index is 772. The molecule has 5 aliphatic rings. The van der Waals surface area contributed by atoms with Crippen LogP contribution in [0, 0.1) is 17.8 Å². The van der Waals surface area contributed by atoms with Gasteiger partial charge in [0.25, 0.3) is 0 Å². The van der Waals surface area contributed by atoms with Gasteiger partial charge in [0.05, 0.1) is 43.2 Å². The summed E-state index contributed by atoms with van der Waals surface area (Å²) in [7, 11) is 0. The molecule has 12 nitrogen and oxygen atoms in total. The molecule has 0 aromatic heterocycles. The van der Waals surface area contributed by atoms with Gasteiger partial charge >= 0.3 is 5.97 Å². The van der Waals surface area contributed by atoms with Crippen molar-refractivity contribution < 1.29 is 59.5 Å². The number of aliphatic hydroxyl groups is 6. The van der Waals surface area contributed by atoms with E-state index in [2.05, 4.69) is 0 Å². The van der Waals surface area contributed by atoms with E-state index in [4.69, 9.17) is 18.9 Å². The zero-order valence-electron chi connectivity index (χ0n) is 20.0. The number of hydrogen-bond donors (Lipinski definition) is 7. The molecule has 0 radical (unpaired) electrons. The van der Waals surface area contributed by atoms with Crippen LogP contribution in [-0.4, -0.2) is 122 Å². The summed E-state index contributed by atoms with van der Waals surface area (Å²) in [6.07, 6.45) is -8.37. The Morgan fingerprint density at radius 1 is 0.806 bits per heavy atom. The van der Waals surface area contributed by atoms with Crippen molar-refractivity contribution >= 4 is 5.97 Å². The molecular formula is C24H38O12. The molecule has 13 atom stereocenters. The molecule has 2 saturated carbocycles. The summed E-state index contributed by atoms with van der Waals surface area (Å²) in [6.45, 7) is -0.598. The van der Waals surface area contributed by atoms with Crippen LogP contribution >= 0.6 is 0 Å². The van der Waals surface area contributed by atoms with Gasteiger partial charge in [-0.2, -0.15) is 0 Å². The lowest BCUT2D eigenvalue weighted by Gasteiger charge is -2.57. The number of ether oxygens (including phenoxy) is 4. The van der Waals surface area contributed by atoms with E-state index in [1.807, 2.05) is 0 Å². The highest BCUT2D eigenvalue weighted by molar-refractivity contribution is 5.72. The average Bonchev–Trinajstić information content (AvgIpc) is 2.85. The van der Waals surface area contributed by atoms with Crippen molar-refractivity contribution in [3.63, 3.8) is 0 Å². The molecule has 0 aromatic rings. The van der Waals surface area contributed by atoms with Gasteiger partial charge in [0, 0.05) is 12.3 Å². The van der Waals surface area contributed by atoms with Crippen molar-refractivity contribution in [3.8, 4) is 0 Å². The fourth-order valence-corrected chi connectivity index (χ4v) is 7.06. The van der Waals surface area contributed by atoms with Crippen molar-refractivity contribution in [1.29, 1.82) is 0 Å². The molecule has 7 N–H and O–H groups in total. The molecule has 3 heterocycles. The lowest BCUT2D eigenvalue weighted by molar-refractivity contribution is -0.350. The summed E-state index contributed by atoms with van der Waals surface area (Å²) in [6, 6.07) is 0. The van der Waals surface area contributed by atoms with Gasteiger partial charge in [0.1, 0.15) is 24.4 Å². The number of hydrogen-bond acceptors (Lipinski definition) is 11. The van der Waals surface area contributed by atoms with E-state index < -0.39 is 79.9 Å². The van der Waals surface area contributed by atoms with Crippen LogP contribution in [0.2, 0.25) is 0 Å². The summed E-state index contributed by atoms with van der Waals surface area (Å²) in [5.41, 5.74) is 0. The molecule has 3 aliphatic heterocycles. The molecule has 5 fully saturated rings. The number of rotatable bonds is 5. The third-order valence-electron chi connectivity index (χ3n) is 8.89. The Balaban J connectivity index is 1.46. The molecule has 2 aliphatic carbocycles. The van der Waals surface area contributed by atoms with Crippen LogP contribution in [0.3, 0.4) is 0 Å². The maximum Gasteiger partial charge on any atom is 0.332 e. The minimum atomic E-state index is -1.61. The molecule has 0 amide bonds. The van der Waals surface area contributed by atoms with Gasteiger partial charge in [-0.25, -0.2) is 4.79 Å². The van der Waals surface area contributed by atoms with Crippen LogP contribution < -0.4 is 0 Å². The maximum absolute atomic E-state index is 12.0. The van der Waals surface area contributed by atoms with Crippen molar-refractivity contribution in [3.05, 3.63) is 0 Å². The van der Waals surface area contributed by atoms with Gasteiger partial charge in [0.15, 0.2) is 12.4 Å². The first-order chi connectivity index (χ1) is 17.2. The van der Waals surface area contributed by atoms with E-state index >= 15 is 0 Å². The molecule has 5 rings (SSSR count). The van der Waals surface area contributed by atoms with Crippen LogP contribution in [0.25, 0.3) is 0 Å². The van der Waals surface area contributed by atoms with Crippen LogP contribution in [0.1, 0.15) is 44.9 Å². The minimum Gasteiger partial charge on any atom is -0.479 e. The molecule has 12 heteroatoms. The predicted octanol–water partition coefficient (Wildman–Crippen LogP) is -1.88. The highest BCUT2D eigenvalue weighted by atomic mass is 16.7. The summed E-state index contributed by atoms with van der Waals surface area (Å²) in [4.78, 5) is 12.0. The molecule has 206 valence electrons. The van der Waals surface area contributed by atoms with Gasteiger partial charge in [-0.15, -0.1) is 0 Å². The standard InChI is InChI=1S/C24H38O12/c25-8-16-18(28)19(29)20(30)24(35-16)36-22-12-7-15(23(31)32)33-13-5-11(27)6-14(17(12)13)34-21(22)9-1-3-10(26)4-2-9/h9-22,24-30H,1-8H2,(H,31,32). The number of carboxylic acids is 1. The fourth-order valence-electron chi connectivity index (χ4n) is 7.06. The summed E-state index contributed by atoms with van der Waals surface area (Å²) in [5, 5.41) is 71.0. The maximum atomic E-state index is 12.0. The van der Waals surface area contributed by atoms with Crippen LogP contribution in [0.5, 0.6) is 0 Å². The molecular weight excluding hydrogens is 480 g/mol. The predicted molar refractivity (Wildman–Crippen MR) is 118 cm³/mol. The Hall–Kier alpha value is -0.930. The minimum absolute atomic E-state index is 0.0205. The van der Waals surface area contributed by atoms with Gasteiger partial charge < -0.3 is 54.7 Å². The Morgan fingerprint density at radius 2 is 1.47 bits per heavy atom. The quantitative estimate of drug-likeness (QED) is 0.214. The van der Waals surface area contributed by atoms with Crippen molar-refractivity contribution in [2.45, 2.75) is 118 Å². The van der Waals surface area contributed by atoms with Crippen molar-refractivity contribution in [2.24, 2.45) is 17.8 Å². The van der Waals surface area contributed by atoms with Crippen LogP contribution in [0.15, 0.2) is 0 Å². The number of carbonyl (C=O) groups is 1. The zero-order chi connectivity index (χ0) is 25.7. The summed E-state index contributed by atoms with van der Waals surface area (Å²) < 4.78 is 24.4. The van der Waals surface area contributed by atoms with Gasteiger partial charge in [-0.3, -0.25) is 0 Å². The number of aliphatic carboxylic acids is 1. The van der Waals surface area contributed by atoms with Gasteiger partial charge in [-0.05, 0) is 50.4 Å². The topological polar surface area (TPSA) is 196 Å². The van der Waals surface area contributed by atoms with E-state index in [9.17, 15) is 40.5 Å². The Morgan fingerprint density at radius 3 is 2.11 bits per heavy atom. The van der Waals surface area contributed by atoms with E-state index in [1.54, 1.807) is 0 Å². The zero-order valence-corrected chi connectivity index (χ0v) is 20.0. The first-order valence-electron chi connectivity index (χ1n) is 13.0. The third kappa shape index (κ3) is 4.93. The first kappa shape index (κ1) is 26.7. The second kappa shape index (κ2) is 10.7. The molecule has 3 saturated heterocycles. The van der Waals surface area contributed by atoms with E-state index in [0.29, 0.717) is 32.1 Å². The van der Waals surface area contributed by atoms with Crippen molar-refractivity contribution in [2.75, 3.05) is 6.61 Å². The lowest BCUT2D eigenvalue weighted by atomic mass is 9.64. The Labute approximate surface area is 208 Å². The third-order valence-corrected chi connectivity index (χ3v) is 8.89. The molecule has 13 unspecified atom stereocenters. The molecule has 0 spiro atoms. The smallest absolute Gasteiger partial charge is 0.332 e. The molecule has 36 heavy (non-hydrogen) atoms. The largest absolute Gasteiger partial charge is 0.479 e. The van der Waals surface area contributed by atoms with E-state index in [0.717, 1.165) is 0 Å². The SMILES string of the molecule is O=C(O)C1CC2C(OC3OC(CO)C(O)C(O)C3O)C(C3CCC(O)CC3)OC3CC(O)CC(O1)C32. The number of carboxylic acid groups (broad SMARTS) is 1. The Kier molecular flexibility index (Phi) is 7.91. The normalized spacial score (nSPS) is 53.4. The van der Waals surface area contributed by atoms with Crippen LogP contribution in [-0.2, 0) is 23.7 Å². The van der Waals surface area contributed by atoms with E-state index in [1.165, 1.54) is 0 Å². The number of aliphatic hydroxyl groups excluding tert-OH is 6.